The van der Waals surface area contributed by atoms with Crippen molar-refractivity contribution in [3.05, 3.63) is 38.4 Å². The monoisotopic (exact) mass is 385 g/mol. The Morgan fingerprint density at radius 1 is 0.889 bits per heavy atom. The second-order valence-corrected chi connectivity index (χ2v) is 5.69. The van der Waals surface area contributed by atoms with Gasteiger partial charge in [-0.2, -0.15) is 0 Å². The zero-order chi connectivity index (χ0) is 19.9. The second kappa shape index (κ2) is 13.8. The SMILES string of the molecule is CCCCCOCCOCCOCCNc1ccc([N+](=O)[O-])cc1[N+](=O)[O-]. The van der Waals surface area contributed by atoms with Gasteiger partial charge in [0.05, 0.1) is 48.9 Å². The molecule has 10 heteroatoms. The lowest BCUT2D eigenvalue weighted by molar-refractivity contribution is -0.393. The largest absolute Gasteiger partial charge is 0.379 e. The highest BCUT2D eigenvalue weighted by Gasteiger charge is 2.18. The van der Waals surface area contributed by atoms with Gasteiger partial charge in [-0.15, -0.1) is 0 Å². The molecule has 10 nitrogen and oxygen atoms in total. The maximum atomic E-state index is 11.0. The van der Waals surface area contributed by atoms with Crippen LogP contribution in [0.2, 0.25) is 0 Å². The molecule has 0 bridgehead atoms. The van der Waals surface area contributed by atoms with E-state index in [1.54, 1.807) is 0 Å². The molecule has 0 unspecified atom stereocenters. The van der Waals surface area contributed by atoms with Crippen LogP contribution in [0.5, 0.6) is 0 Å². The minimum atomic E-state index is -0.670. The smallest absolute Gasteiger partial charge is 0.299 e. The number of rotatable bonds is 16. The summed E-state index contributed by atoms with van der Waals surface area (Å²) in [6, 6.07) is 3.47. The van der Waals surface area contributed by atoms with Crippen molar-refractivity contribution in [1.29, 1.82) is 0 Å². The molecule has 0 saturated heterocycles. The molecule has 27 heavy (non-hydrogen) atoms. The molecule has 0 fully saturated rings. The van der Waals surface area contributed by atoms with Crippen LogP contribution in [0.25, 0.3) is 0 Å². The number of nitrogens with zero attached hydrogens (tertiary/aromatic N) is 2. The van der Waals surface area contributed by atoms with Crippen LogP contribution in [0.1, 0.15) is 26.2 Å². The highest BCUT2D eigenvalue weighted by Crippen LogP contribution is 2.28. The van der Waals surface area contributed by atoms with Crippen LogP contribution in [-0.2, 0) is 14.2 Å². The fourth-order valence-electron chi connectivity index (χ4n) is 2.19. The van der Waals surface area contributed by atoms with E-state index in [-0.39, 0.29) is 17.1 Å². The van der Waals surface area contributed by atoms with E-state index in [1.807, 2.05) is 0 Å². The van der Waals surface area contributed by atoms with Crippen LogP contribution >= 0.6 is 0 Å². The lowest BCUT2D eigenvalue weighted by atomic mass is 10.2. The third kappa shape index (κ3) is 9.83. The molecule has 1 aromatic carbocycles. The van der Waals surface area contributed by atoms with Gasteiger partial charge in [-0.25, -0.2) is 0 Å². The molecule has 0 heterocycles. The molecule has 1 N–H and O–H groups in total. The molecule has 0 atom stereocenters. The molecule has 1 rings (SSSR count). The number of nitro groups is 2. The van der Waals surface area contributed by atoms with Crippen molar-refractivity contribution in [3.63, 3.8) is 0 Å². The summed E-state index contributed by atoms with van der Waals surface area (Å²) < 4.78 is 16.1. The Morgan fingerprint density at radius 2 is 1.52 bits per heavy atom. The summed E-state index contributed by atoms with van der Waals surface area (Å²) in [4.78, 5) is 20.4. The summed E-state index contributed by atoms with van der Waals surface area (Å²) in [6.45, 7) is 5.48. The fourth-order valence-corrected chi connectivity index (χ4v) is 2.19. The average molecular weight is 385 g/mol. The maximum absolute atomic E-state index is 11.0. The van der Waals surface area contributed by atoms with Gasteiger partial charge in [0, 0.05) is 19.2 Å². The number of anilines is 1. The number of hydrogen-bond acceptors (Lipinski definition) is 8. The van der Waals surface area contributed by atoms with E-state index in [4.69, 9.17) is 14.2 Å². The lowest BCUT2D eigenvalue weighted by Gasteiger charge is -2.09. The Morgan fingerprint density at radius 3 is 2.11 bits per heavy atom. The van der Waals surface area contributed by atoms with Crippen LogP contribution in [0.15, 0.2) is 18.2 Å². The predicted molar refractivity (Wildman–Crippen MR) is 100 cm³/mol. The molecule has 0 radical (unpaired) electrons. The van der Waals surface area contributed by atoms with Crippen LogP contribution in [-0.4, -0.2) is 56.0 Å². The van der Waals surface area contributed by atoms with Gasteiger partial charge in [-0.3, -0.25) is 20.2 Å². The molecule has 0 aliphatic heterocycles. The van der Waals surface area contributed by atoms with Gasteiger partial charge < -0.3 is 19.5 Å². The summed E-state index contributed by atoms with van der Waals surface area (Å²) in [5.74, 6) is 0. The van der Waals surface area contributed by atoms with Crippen molar-refractivity contribution in [2.45, 2.75) is 26.2 Å². The highest BCUT2D eigenvalue weighted by atomic mass is 16.6. The first-order chi connectivity index (χ1) is 13.1. The average Bonchev–Trinajstić information content (AvgIpc) is 2.65. The lowest BCUT2D eigenvalue weighted by Crippen LogP contribution is -2.14. The topological polar surface area (TPSA) is 126 Å². The molecular weight excluding hydrogens is 358 g/mol. The van der Waals surface area contributed by atoms with Gasteiger partial charge in [0.1, 0.15) is 5.69 Å². The van der Waals surface area contributed by atoms with Crippen molar-refractivity contribution >= 4 is 17.1 Å². The van der Waals surface area contributed by atoms with Gasteiger partial charge >= 0.3 is 0 Å². The van der Waals surface area contributed by atoms with Gasteiger partial charge in [-0.1, -0.05) is 19.8 Å². The van der Waals surface area contributed by atoms with Crippen molar-refractivity contribution in [3.8, 4) is 0 Å². The first-order valence-corrected chi connectivity index (χ1v) is 8.96. The summed E-state index contributed by atoms with van der Waals surface area (Å²) in [7, 11) is 0. The number of non-ortho nitro benzene ring substituents is 1. The Kier molecular flexibility index (Phi) is 11.7. The van der Waals surface area contributed by atoms with Crippen LogP contribution < -0.4 is 5.32 Å². The van der Waals surface area contributed by atoms with Crippen molar-refractivity contribution in [2.75, 3.05) is 51.5 Å². The van der Waals surface area contributed by atoms with E-state index in [9.17, 15) is 20.2 Å². The Labute approximate surface area is 158 Å². The molecule has 0 amide bonds. The van der Waals surface area contributed by atoms with Gasteiger partial charge in [0.25, 0.3) is 11.4 Å². The number of nitro benzene ring substituents is 2. The molecule has 0 spiro atoms. The molecule has 152 valence electrons. The molecule has 0 saturated carbocycles. The minimum absolute atomic E-state index is 0.214. The Balaban J connectivity index is 2.11. The van der Waals surface area contributed by atoms with Gasteiger partial charge in [0.15, 0.2) is 0 Å². The fraction of sp³-hybridized carbons (Fsp3) is 0.647. The van der Waals surface area contributed by atoms with E-state index in [1.165, 1.54) is 25.0 Å². The molecular formula is C17H27N3O7. The first-order valence-electron chi connectivity index (χ1n) is 8.96. The van der Waals surface area contributed by atoms with Crippen LogP contribution in [0.3, 0.4) is 0 Å². The molecule has 0 aromatic heterocycles. The second-order valence-electron chi connectivity index (χ2n) is 5.69. The van der Waals surface area contributed by atoms with Gasteiger partial charge in [0.2, 0.25) is 0 Å². The van der Waals surface area contributed by atoms with Crippen LogP contribution in [0.4, 0.5) is 17.1 Å². The van der Waals surface area contributed by atoms with E-state index >= 15 is 0 Å². The Bertz CT molecular complexity index is 584. The number of unbranched alkanes of at least 4 members (excludes halogenated alkanes) is 2. The zero-order valence-electron chi connectivity index (χ0n) is 15.6. The summed E-state index contributed by atoms with van der Waals surface area (Å²) in [5.41, 5.74) is -0.452. The van der Waals surface area contributed by atoms with Crippen molar-refractivity contribution < 1.29 is 24.1 Å². The van der Waals surface area contributed by atoms with E-state index in [0.29, 0.717) is 39.6 Å². The van der Waals surface area contributed by atoms with Crippen LogP contribution in [0, 0.1) is 20.2 Å². The predicted octanol–water partition coefficient (Wildman–Crippen LogP) is 3.15. The number of nitrogens with one attached hydrogen (secondary N) is 1. The third-order valence-electron chi connectivity index (χ3n) is 3.59. The molecule has 0 aliphatic rings. The van der Waals surface area contributed by atoms with E-state index in [2.05, 4.69) is 12.2 Å². The standard InChI is InChI=1S/C17H27N3O7/c1-2-3-4-8-25-10-12-27-13-11-26-9-7-18-16-6-5-15(19(21)22)14-17(16)20(23)24/h5-6,14,18H,2-4,7-13H2,1H3. The van der Waals surface area contributed by atoms with E-state index < -0.39 is 9.85 Å². The third-order valence-corrected chi connectivity index (χ3v) is 3.59. The van der Waals surface area contributed by atoms with E-state index in [0.717, 1.165) is 19.1 Å². The van der Waals surface area contributed by atoms with Crippen molar-refractivity contribution in [2.24, 2.45) is 0 Å². The maximum Gasteiger partial charge on any atom is 0.299 e. The molecule has 1 aromatic rings. The normalized spacial score (nSPS) is 10.7. The highest BCUT2D eigenvalue weighted by molar-refractivity contribution is 5.65. The van der Waals surface area contributed by atoms with Crippen molar-refractivity contribution in [1.82, 2.24) is 0 Å². The Hall–Kier alpha value is -2.30. The molecule has 0 aliphatic carbocycles. The minimum Gasteiger partial charge on any atom is -0.379 e. The summed E-state index contributed by atoms with van der Waals surface area (Å²) >= 11 is 0. The summed E-state index contributed by atoms with van der Waals surface area (Å²) in [6.07, 6.45) is 3.41. The van der Waals surface area contributed by atoms with Gasteiger partial charge in [-0.05, 0) is 12.5 Å². The summed E-state index contributed by atoms with van der Waals surface area (Å²) in [5, 5.41) is 24.6. The first kappa shape index (κ1) is 22.7. The number of hydrogen-bond donors (Lipinski definition) is 1. The quantitative estimate of drug-likeness (QED) is 0.261. The number of benzene rings is 1. The number of ether oxygens (including phenoxy) is 3. The zero-order valence-corrected chi connectivity index (χ0v) is 15.6.